The summed E-state index contributed by atoms with van der Waals surface area (Å²) in [5, 5.41) is 2.74. The summed E-state index contributed by atoms with van der Waals surface area (Å²) in [6.45, 7) is 0.549. The zero-order chi connectivity index (χ0) is 8.10. The summed E-state index contributed by atoms with van der Waals surface area (Å²) in [5.74, 6) is 1.16. The lowest BCUT2D eigenvalue weighted by Gasteiger charge is -2.04. The molecular weight excluding hydrogens is 162 g/mol. The first-order valence-corrected chi connectivity index (χ1v) is 5.14. The molecule has 0 aromatic carbocycles. The molecule has 4 heteroatoms. The highest BCUT2D eigenvalue weighted by atomic mass is 32.2. The number of thioether (sulfide) groups is 1. The van der Waals surface area contributed by atoms with Gasteiger partial charge in [0.05, 0.1) is 6.04 Å². The van der Waals surface area contributed by atoms with Crippen LogP contribution in [0, 0.1) is 0 Å². The van der Waals surface area contributed by atoms with Crippen LogP contribution in [0.15, 0.2) is 0 Å². The topological polar surface area (TPSA) is 38.3 Å². The van der Waals surface area contributed by atoms with Crippen molar-refractivity contribution in [1.82, 2.24) is 5.32 Å². The lowest BCUT2D eigenvalue weighted by Crippen LogP contribution is -2.25. The molecule has 1 aliphatic rings. The van der Waals surface area contributed by atoms with Crippen LogP contribution in [-0.2, 0) is 4.74 Å². The van der Waals surface area contributed by atoms with Crippen molar-refractivity contribution in [3.05, 3.63) is 0 Å². The molecule has 1 amide bonds. The molecule has 1 heterocycles. The molecular formula is C7H13NO2S. The third-order valence-corrected chi connectivity index (χ3v) is 2.34. The molecule has 0 saturated carbocycles. The Labute approximate surface area is 70.9 Å². The Morgan fingerprint density at radius 1 is 1.82 bits per heavy atom. The maximum Gasteiger partial charge on any atom is 0.407 e. The van der Waals surface area contributed by atoms with E-state index in [1.165, 1.54) is 0 Å². The van der Waals surface area contributed by atoms with Crippen LogP contribution in [0.2, 0.25) is 0 Å². The van der Waals surface area contributed by atoms with Crippen molar-refractivity contribution in [1.29, 1.82) is 0 Å². The molecule has 1 fully saturated rings. The fourth-order valence-electron chi connectivity index (χ4n) is 1.06. The summed E-state index contributed by atoms with van der Waals surface area (Å²) in [7, 11) is 0. The molecule has 1 N–H and O–H groups in total. The molecule has 64 valence electrons. The molecule has 11 heavy (non-hydrogen) atoms. The van der Waals surface area contributed by atoms with Crippen LogP contribution in [0.4, 0.5) is 4.79 Å². The number of alkyl carbamates (subject to hydrolysis) is 1. The van der Waals surface area contributed by atoms with Gasteiger partial charge in [0.1, 0.15) is 6.61 Å². The fraction of sp³-hybridized carbons (Fsp3) is 0.857. The minimum Gasteiger partial charge on any atom is -0.447 e. The number of carbonyl (C=O) groups is 1. The quantitative estimate of drug-likeness (QED) is 0.653. The Hall–Kier alpha value is -0.380. The normalized spacial score (nSPS) is 23.0. The van der Waals surface area contributed by atoms with E-state index in [4.69, 9.17) is 4.74 Å². The van der Waals surface area contributed by atoms with Crippen LogP contribution in [0.1, 0.15) is 12.8 Å². The van der Waals surface area contributed by atoms with Crippen molar-refractivity contribution in [2.24, 2.45) is 0 Å². The molecule has 1 rings (SSSR count). The summed E-state index contributed by atoms with van der Waals surface area (Å²) >= 11 is 1.83. The molecule has 1 unspecified atom stereocenters. The lowest BCUT2D eigenvalue weighted by molar-refractivity contribution is 0.176. The molecule has 1 aliphatic heterocycles. The van der Waals surface area contributed by atoms with Gasteiger partial charge in [0.15, 0.2) is 0 Å². The third kappa shape index (κ3) is 3.01. The number of ether oxygens (including phenoxy) is 1. The first kappa shape index (κ1) is 8.71. The Balaban J connectivity index is 2.04. The first-order chi connectivity index (χ1) is 5.33. The van der Waals surface area contributed by atoms with Crippen LogP contribution in [0.5, 0.6) is 0 Å². The van der Waals surface area contributed by atoms with Gasteiger partial charge < -0.3 is 10.1 Å². The zero-order valence-electron chi connectivity index (χ0n) is 6.63. The largest absolute Gasteiger partial charge is 0.447 e. The molecule has 0 aromatic heterocycles. The number of nitrogens with one attached hydrogen (secondary N) is 1. The Morgan fingerprint density at radius 3 is 3.18 bits per heavy atom. The molecule has 1 saturated heterocycles. The highest BCUT2D eigenvalue weighted by molar-refractivity contribution is 7.98. The summed E-state index contributed by atoms with van der Waals surface area (Å²) in [4.78, 5) is 10.5. The summed E-state index contributed by atoms with van der Waals surface area (Å²) in [6.07, 6.45) is 4.00. The molecule has 0 aromatic rings. The van der Waals surface area contributed by atoms with Crippen LogP contribution >= 0.6 is 11.8 Å². The Morgan fingerprint density at radius 2 is 2.64 bits per heavy atom. The molecule has 3 nitrogen and oxygen atoms in total. The molecule has 0 radical (unpaired) electrons. The van der Waals surface area contributed by atoms with Gasteiger partial charge in [0.25, 0.3) is 0 Å². The van der Waals surface area contributed by atoms with E-state index in [0.29, 0.717) is 6.61 Å². The van der Waals surface area contributed by atoms with Gasteiger partial charge in [-0.15, -0.1) is 0 Å². The van der Waals surface area contributed by atoms with Crippen LogP contribution in [0.3, 0.4) is 0 Å². The van der Waals surface area contributed by atoms with E-state index in [-0.39, 0.29) is 12.1 Å². The number of hydrogen-bond donors (Lipinski definition) is 1. The van der Waals surface area contributed by atoms with Crippen molar-refractivity contribution >= 4 is 17.9 Å². The minimum absolute atomic E-state index is 0.259. The molecule has 0 bridgehead atoms. The van der Waals surface area contributed by atoms with Crippen molar-refractivity contribution < 1.29 is 9.53 Å². The second-order valence-electron chi connectivity index (χ2n) is 2.57. The van der Waals surface area contributed by atoms with Gasteiger partial charge in [-0.1, -0.05) is 0 Å². The fourth-order valence-corrected chi connectivity index (χ4v) is 1.51. The number of hydrogen-bond acceptors (Lipinski definition) is 3. The predicted octanol–water partition coefficient (Wildman–Crippen LogP) is 1.24. The maximum absolute atomic E-state index is 10.5. The van der Waals surface area contributed by atoms with Gasteiger partial charge in [-0.3, -0.25) is 0 Å². The number of amides is 1. The Kier molecular flexibility index (Phi) is 3.56. The van der Waals surface area contributed by atoms with E-state index >= 15 is 0 Å². The van der Waals surface area contributed by atoms with E-state index in [0.717, 1.165) is 18.6 Å². The van der Waals surface area contributed by atoms with Gasteiger partial charge >= 0.3 is 6.09 Å². The van der Waals surface area contributed by atoms with Crippen molar-refractivity contribution in [3.8, 4) is 0 Å². The van der Waals surface area contributed by atoms with Crippen LogP contribution < -0.4 is 5.32 Å². The molecule has 0 spiro atoms. The van der Waals surface area contributed by atoms with E-state index in [1.807, 2.05) is 11.8 Å². The van der Waals surface area contributed by atoms with E-state index in [1.54, 1.807) is 0 Å². The highest BCUT2D eigenvalue weighted by Crippen LogP contribution is 2.07. The summed E-state index contributed by atoms with van der Waals surface area (Å²) in [5.41, 5.74) is 0. The lowest BCUT2D eigenvalue weighted by atomic mass is 10.2. The smallest absolute Gasteiger partial charge is 0.407 e. The van der Waals surface area contributed by atoms with Gasteiger partial charge in [0.2, 0.25) is 0 Å². The number of carbonyl (C=O) groups excluding carboxylic acids is 1. The Bertz CT molecular complexity index is 140. The zero-order valence-corrected chi connectivity index (χ0v) is 7.45. The minimum atomic E-state index is -0.265. The van der Waals surface area contributed by atoms with E-state index < -0.39 is 0 Å². The predicted molar refractivity (Wildman–Crippen MR) is 45.9 cm³/mol. The standard InChI is InChI=1S/C7H13NO2S/c1-11-4-2-3-6-5-10-7(9)8-6/h6H,2-5H2,1H3,(H,8,9). The number of cyclic esters (lactones) is 1. The van der Waals surface area contributed by atoms with Crippen LogP contribution in [-0.4, -0.2) is 30.8 Å². The SMILES string of the molecule is CSCCCC1COC(=O)N1. The van der Waals surface area contributed by atoms with Gasteiger partial charge in [-0.25, -0.2) is 4.79 Å². The average molecular weight is 175 g/mol. The van der Waals surface area contributed by atoms with E-state index in [9.17, 15) is 4.79 Å². The molecule has 1 atom stereocenters. The van der Waals surface area contributed by atoms with Gasteiger partial charge in [-0.2, -0.15) is 11.8 Å². The van der Waals surface area contributed by atoms with Gasteiger partial charge in [0, 0.05) is 0 Å². The average Bonchev–Trinajstić information content (AvgIpc) is 2.37. The highest BCUT2D eigenvalue weighted by Gasteiger charge is 2.20. The maximum atomic E-state index is 10.5. The second kappa shape index (κ2) is 4.49. The third-order valence-electron chi connectivity index (χ3n) is 1.64. The van der Waals surface area contributed by atoms with Crippen molar-refractivity contribution in [2.45, 2.75) is 18.9 Å². The van der Waals surface area contributed by atoms with Gasteiger partial charge in [-0.05, 0) is 24.9 Å². The summed E-state index contributed by atoms with van der Waals surface area (Å²) in [6, 6.07) is 0.259. The summed E-state index contributed by atoms with van der Waals surface area (Å²) < 4.78 is 4.74. The van der Waals surface area contributed by atoms with Crippen molar-refractivity contribution in [3.63, 3.8) is 0 Å². The van der Waals surface area contributed by atoms with Crippen molar-refractivity contribution in [2.75, 3.05) is 18.6 Å². The second-order valence-corrected chi connectivity index (χ2v) is 3.56. The monoisotopic (exact) mass is 175 g/mol. The van der Waals surface area contributed by atoms with Crippen LogP contribution in [0.25, 0.3) is 0 Å². The first-order valence-electron chi connectivity index (χ1n) is 3.75. The number of rotatable bonds is 4. The van der Waals surface area contributed by atoms with E-state index in [2.05, 4.69) is 11.6 Å². The molecule has 0 aliphatic carbocycles.